The highest BCUT2D eigenvalue weighted by molar-refractivity contribution is 7.89. The molecular formula is C8H13N3O3S. The van der Waals surface area contributed by atoms with Gasteiger partial charge >= 0.3 is 0 Å². The lowest BCUT2D eigenvalue weighted by atomic mass is 10.2. The van der Waals surface area contributed by atoms with Crippen LogP contribution in [0.1, 0.15) is 12.8 Å². The van der Waals surface area contributed by atoms with E-state index in [4.69, 9.17) is 5.11 Å². The Bertz CT molecular complexity index is 414. The third-order valence-electron chi connectivity index (χ3n) is 2.61. The molecule has 0 radical (unpaired) electrons. The van der Waals surface area contributed by atoms with Crippen molar-refractivity contribution in [2.24, 2.45) is 0 Å². The minimum atomic E-state index is -3.48. The number of hydrogen-bond acceptors (Lipinski definition) is 4. The van der Waals surface area contributed by atoms with Crippen LogP contribution in [0.3, 0.4) is 0 Å². The lowest BCUT2D eigenvalue weighted by Gasteiger charge is -2.21. The van der Waals surface area contributed by atoms with Crippen LogP contribution < -0.4 is 0 Å². The Balaban J connectivity index is 2.30. The normalized spacial score (nSPS) is 23.4. The molecule has 0 saturated carbocycles. The van der Waals surface area contributed by atoms with Crippen molar-refractivity contribution in [2.45, 2.75) is 23.8 Å². The Labute approximate surface area is 88.0 Å². The van der Waals surface area contributed by atoms with Crippen LogP contribution in [0.4, 0.5) is 0 Å². The third-order valence-corrected chi connectivity index (χ3v) is 4.53. The number of nitrogens with one attached hydrogen (secondary N) is 1. The highest BCUT2D eigenvalue weighted by atomic mass is 32.2. The number of nitrogens with zero attached hydrogens (tertiary/aromatic N) is 2. The Morgan fingerprint density at radius 3 is 3.07 bits per heavy atom. The van der Waals surface area contributed by atoms with E-state index < -0.39 is 10.0 Å². The quantitative estimate of drug-likeness (QED) is 0.738. The summed E-state index contributed by atoms with van der Waals surface area (Å²) in [5.41, 5.74) is 0. The third kappa shape index (κ3) is 1.77. The molecule has 15 heavy (non-hydrogen) atoms. The predicted octanol–water partition coefficient (Wildman–Crippen LogP) is -0.445. The number of aromatic amines is 1. The number of hydrogen-bond donors (Lipinski definition) is 2. The highest BCUT2D eigenvalue weighted by Gasteiger charge is 2.35. The van der Waals surface area contributed by atoms with Gasteiger partial charge in [0.25, 0.3) is 0 Å². The number of H-pyrrole nitrogens is 1. The maximum absolute atomic E-state index is 12.0. The van der Waals surface area contributed by atoms with Gasteiger partial charge in [0, 0.05) is 18.8 Å². The maximum Gasteiger partial charge on any atom is 0.246 e. The molecule has 6 nitrogen and oxygen atoms in total. The fourth-order valence-corrected chi connectivity index (χ4v) is 3.42. The summed E-state index contributed by atoms with van der Waals surface area (Å²) in [6.07, 6.45) is 4.14. The van der Waals surface area contributed by atoms with Crippen LogP contribution in [0, 0.1) is 0 Å². The Morgan fingerprint density at radius 1 is 1.67 bits per heavy atom. The summed E-state index contributed by atoms with van der Waals surface area (Å²) in [5.74, 6) is 0. The standard InChI is InChI=1S/C8H13N3O3S/c12-6-7-2-1-3-11(7)15(13,14)8-4-9-10-5-8/h4-5,7,12H,1-3,6H2,(H,9,10)/t7-/m1/s1. The molecule has 0 aromatic carbocycles. The molecule has 0 spiro atoms. The van der Waals surface area contributed by atoms with E-state index in [-0.39, 0.29) is 17.5 Å². The zero-order chi connectivity index (χ0) is 10.9. The summed E-state index contributed by atoms with van der Waals surface area (Å²) in [6.45, 7) is 0.343. The number of rotatable bonds is 3. The van der Waals surface area contributed by atoms with Gasteiger partial charge in [-0.3, -0.25) is 5.10 Å². The SMILES string of the molecule is O=S(=O)(c1cn[nH]c1)N1CCC[C@@H]1CO. The Morgan fingerprint density at radius 2 is 2.47 bits per heavy atom. The van der Waals surface area contributed by atoms with E-state index in [0.717, 1.165) is 6.42 Å². The van der Waals surface area contributed by atoms with Crippen molar-refractivity contribution in [2.75, 3.05) is 13.2 Å². The summed E-state index contributed by atoms with van der Waals surface area (Å²) < 4.78 is 25.4. The molecule has 7 heteroatoms. The van der Waals surface area contributed by atoms with Gasteiger partial charge in [0.05, 0.1) is 12.8 Å². The fourth-order valence-electron chi connectivity index (χ4n) is 1.82. The fraction of sp³-hybridized carbons (Fsp3) is 0.625. The molecule has 2 rings (SSSR count). The maximum atomic E-state index is 12.0. The second-order valence-electron chi connectivity index (χ2n) is 3.53. The molecule has 0 amide bonds. The molecule has 0 unspecified atom stereocenters. The van der Waals surface area contributed by atoms with Gasteiger partial charge in [-0.2, -0.15) is 9.40 Å². The van der Waals surface area contributed by atoms with Crippen LogP contribution in [0.5, 0.6) is 0 Å². The number of aromatic nitrogens is 2. The van der Waals surface area contributed by atoms with Crippen molar-refractivity contribution in [3.8, 4) is 0 Å². The molecule has 2 heterocycles. The lowest BCUT2D eigenvalue weighted by Crippen LogP contribution is -2.37. The van der Waals surface area contributed by atoms with Crippen molar-refractivity contribution in [3.05, 3.63) is 12.4 Å². The monoisotopic (exact) mass is 231 g/mol. The van der Waals surface area contributed by atoms with Crippen molar-refractivity contribution in [1.82, 2.24) is 14.5 Å². The molecule has 2 N–H and O–H groups in total. The number of sulfonamides is 1. The average molecular weight is 231 g/mol. The van der Waals surface area contributed by atoms with Gasteiger partial charge in [0.1, 0.15) is 4.90 Å². The van der Waals surface area contributed by atoms with Gasteiger partial charge in [-0.15, -0.1) is 0 Å². The zero-order valence-corrected chi connectivity index (χ0v) is 8.94. The highest BCUT2D eigenvalue weighted by Crippen LogP contribution is 2.24. The van der Waals surface area contributed by atoms with E-state index in [1.54, 1.807) is 0 Å². The molecule has 84 valence electrons. The van der Waals surface area contributed by atoms with E-state index in [0.29, 0.717) is 13.0 Å². The van der Waals surface area contributed by atoms with E-state index in [9.17, 15) is 8.42 Å². The van der Waals surface area contributed by atoms with Gasteiger partial charge in [0.2, 0.25) is 10.0 Å². The molecular weight excluding hydrogens is 218 g/mol. The summed E-state index contributed by atoms with van der Waals surface area (Å²) >= 11 is 0. The molecule has 1 aromatic heterocycles. The minimum Gasteiger partial charge on any atom is -0.395 e. The molecule has 1 aliphatic heterocycles. The van der Waals surface area contributed by atoms with E-state index in [1.165, 1.54) is 16.7 Å². The molecule has 1 aromatic rings. The largest absolute Gasteiger partial charge is 0.395 e. The summed E-state index contributed by atoms with van der Waals surface area (Å²) in [4.78, 5) is 0.155. The van der Waals surface area contributed by atoms with Crippen LogP contribution in [0.25, 0.3) is 0 Å². The lowest BCUT2D eigenvalue weighted by molar-refractivity contribution is 0.213. The molecule has 1 fully saturated rings. The second-order valence-corrected chi connectivity index (χ2v) is 5.42. The molecule has 0 bridgehead atoms. The summed E-state index contributed by atoms with van der Waals surface area (Å²) in [6, 6.07) is -0.287. The number of aliphatic hydroxyl groups excluding tert-OH is 1. The van der Waals surface area contributed by atoms with Crippen LogP contribution in [-0.4, -0.2) is 47.2 Å². The Kier molecular flexibility index (Phi) is 2.76. The van der Waals surface area contributed by atoms with Crippen LogP contribution in [0.15, 0.2) is 17.3 Å². The second kappa shape index (κ2) is 3.92. The minimum absolute atomic E-state index is 0.128. The molecule has 1 atom stereocenters. The number of aliphatic hydroxyl groups is 1. The van der Waals surface area contributed by atoms with Crippen molar-refractivity contribution < 1.29 is 13.5 Å². The van der Waals surface area contributed by atoms with Gasteiger partial charge in [-0.25, -0.2) is 8.42 Å². The van der Waals surface area contributed by atoms with Crippen molar-refractivity contribution in [1.29, 1.82) is 0 Å². The average Bonchev–Trinajstić information content (AvgIpc) is 2.89. The van der Waals surface area contributed by atoms with Gasteiger partial charge < -0.3 is 5.11 Å². The summed E-state index contributed by atoms with van der Waals surface area (Å²) in [7, 11) is -3.48. The van der Waals surface area contributed by atoms with Gasteiger partial charge in [-0.05, 0) is 12.8 Å². The van der Waals surface area contributed by atoms with Crippen LogP contribution >= 0.6 is 0 Å². The Hall–Kier alpha value is -0.920. The molecule has 1 saturated heterocycles. The first-order valence-corrected chi connectivity index (χ1v) is 6.22. The first kappa shape index (κ1) is 10.6. The zero-order valence-electron chi connectivity index (χ0n) is 8.13. The van der Waals surface area contributed by atoms with Gasteiger partial charge in [0.15, 0.2) is 0 Å². The van der Waals surface area contributed by atoms with Crippen LogP contribution in [-0.2, 0) is 10.0 Å². The van der Waals surface area contributed by atoms with E-state index in [2.05, 4.69) is 10.2 Å². The smallest absolute Gasteiger partial charge is 0.246 e. The van der Waals surface area contributed by atoms with Crippen LogP contribution in [0.2, 0.25) is 0 Å². The van der Waals surface area contributed by atoms with E-state index >= 15 is 0 Å². The van der Waals surface area contributed by atoms with Gasteiger partial charge in [-0.1, -0.05) is 0 Å². The predicted molar refractivity (Wildman–Crippen MR) is 52.6 cm³/mol. The van der Waals surface area contributed by atoms with E-state index in [1.807, 2.05) is 0 Å². The summed E-state index contributed by atoms with van der Waals surface area (Å²) in [5, 5.41) is 15.2. The topological polar surface area (TPSA) is 86.3 Å². The van der Waals surface area contributed by atoms with Crippen molar-refractivity contribution in [3.63, 3.8) is 0 Å². The molecule has 0 aliphatic carbocycles. The van der Waals surface area contributed by atoms with Crippen molar-refractivity contribution >= 4 is 10.0 Å². The molecule has 1 aliphatic rings. The first-order chi connectivity index (χ1) is 7.16. The first-order valence-electron chi connectivity index (χ1n) is 4.78.